The van der Waals surface area contributed by atoms with E-state index in [1.54, 1.807) is 13.0 Å². The fourth-order valence-corrected chi connectivity index (χ4v) is 3.51. The largest absolute Gasteiger partial charge is 0.340 e. The Labute approximate surface area is 200 Å². The van der Waals surface area contributed by atoms with E-state index >= 15 is 0 Å². The van der Waals surface area contributed by atoms with Gasteiger partial charge in [-0.05, 0) is 50.5 Å². The Kier molecular flexibility index (Phi) is 16.8. The average molecular weight is 470 g/mol. The number of aromatic nitrogens is 1. The van der Waals surface area contributed by atoms with Crippen LogP contribution in [0.3, 0.4) is 0 Å². The minimum Gasteiger partial charge on any atom is -0.340 e. The van der Waals surface area contributed by atoms with Crippen molar-refractivity contribution in [2.45, 2.75) is 46.6 Å². The van der Waals surface area contributed by atoms with Gasteiger partial charge in [0, 0.05) is 34.3 Å². The lowest BCUT2D eigenvalue weighted by Crippen LogP contribution is -2.02. The van der Waals surface area contributed by atoms with Crippen LogP contribution in [0.25, 0.3) is 17.0 Å². The van der Waals surface area contributed by atoms with Crippen molar-refractivity contribution in [3.8, 4) is 12.8 Å². The molecule has 1 aliphatic carbocycles. The van der Waals surface area contributed by atoms with E-state index in [1.807, 2.05) is 26.0 Å². The molecule has 1 aliphatic rings. The van der Waals surface area contributed by atoms with Gasteiger partial charge in [-0.3, -0.25) is 5.41 Å². The molecule has 7 heteroatoms. The van der Waals surface area contributed by atoms with Crippen LogP contribution in [0, 0.1) is 18.3 Å². The highest BCUT2D eigenvalue weighted by Crippen LogP contribution is 2.32. The number of hydrogen-bond donors (Lipinski definition) is 2. The summed E-state index contributed by atoms with van der Waals surface area (Å²) < 4.78 is 13.3. The second-order valence-corrected chi connectivity index (χ2v) is 6.96. The zero-order valence-electron chi connectivity index (χ0n) is 20.0. The summed E-state index contributed by atoms with van der Waals surface area (Å²) in [5, 5.41) is 16.0. The van der Waals surface area contributed by atoms with Crippen LogP contribution in [0.5, 0.6) is 0 Å². The lowest BCUT2D eigenvalue weighted by Gasteiger charge is -2.08. The molecule has 1 atom stereocenters. The summed E-state index contributed by atoms with van der Waals surface area (Å²) in [6, 6.07) is 6.01. The average Bonchev–Trinajstić information content (AvgIpc) is 2.98. The first-order valence-corrected chi connectivity index (χ1v) is 11.9. The van der Waals surface area contributed by atoms with Crippen LogP contribution in [-0.4, -0.2) is 23.2 Å². The zero-order valence-corrected chi connectivity index (χ0v) is 21.1. The molecule has 3 N–H and O–H groups in total. The second kappa shape index (κ2) is 18.5. The molecule has 0 aliphatic heterocycles. The smallest absolute Gasteiger partial charge is 0.176 e. The monoisotopic (exact) mass is 469 g/mol. The third kappa shape index (κ3) is 9.16. The molecule has 0 saturated carbocycles. The van der Waals surface area contributed by atoms with Crippen LogP contribution >= 0.6 is 9.24 Å². The van der Waals surface area contributed by atoms with E-state index in [-0.39, 0.29) is 12.5 Å². The summed E-state index contributed by atoms with van der Waals surface area (Å²) in [6.45, 7) is 6.32. The number of nitrogens with two attached hydrogens (primary N) is 1. The van der Waals surface area contributed by atoms with Gasteiger partial charge in [0.2, 0.25) is 0 Å². The molecular formula is C26H37FN5P. The maximum Gasteiger partial charge on any atom is 0.176 e. The van der Waals surface area contributed by atoms with Crippen molar-refractivity contribution in [1.82, 2.24) is 4.57 Å². The molecule has 1 heterocycles. The van der Waals surface area contributed by atoms with Crippen LogP contribution in [0.15, 0.2) is 58.9 Å². The molecule has 2 aromatic rings. The first kappa shape index (κ1) is 30.0. The quantitative estimate of drug-likeness (QED) is 0.0719. The molecular weight excluding hydrogens is 432 g/mol. The van der Waals surface area contributed by atoms with Crippen molar-refractivity contribution in [2.75, 3.05) is 12.8 Å². The van der Waals surface area contributed by atoms with Crippen LogP contribution in [0.4, 0.5) is 4.39 Å². The number of allylic oxidation sites excluding steroid dienone is 5. The van der Waals surface area contributed by atoms with Crippen LogP contribution in [0.1, 0.15) is 50.4 Å². The third-order valence-corrected chi connectivity index (χ3v) is 4.90. The Hall–Kier alpha value is -3.03. The Morgan fingerprint density at radius 2 is 2.00 bits per heavy atom. The number of rotatable bonds is 5. The maximum absolute atomic E-state index is 10.9. The normalized spacial score (nSPS) is 12.3. The summed E-state index contributed by atoms with van der Waals surface area (Å²) in [7, 11) is 2.72. The number of halogens is 1. The van der Waals surface area contributed by atoms with Crippen molar-refractivity contribution < 1.29 is 4.39 Å². The lowest BCUT2D eigenvalue weighted by molar-refractivity contribution is 0.561. The number of nitrogens with zero attached hydrogens (tertiary/aromatic N) is 3. The van der Waals surface area contributed by atoms with Gasteiger partial charge in [0.15, 0.2) is 5.84 Å². The maximum atomic E-state index is 10.9. The second-order valence-electron chi connectivity index (χ2n) is 6.49. The van der Waals surface area contributed by atoms with E-state index < -0.39 is 0 Å². The van der Waals surface area contributed by atoms with Crippen LogP contribution < -0.4 is 5.84 Å². The molecule has 1 aromatic heterocycles. The van der Waals surface area contributed by atoms with Gasteiger partial charge in [0.05, 0.1) is 0 Å². The number of amidine groups is 1. The van der Waals surface area contributed by atoms with E-state index in [9.17, 15) is 4.39 Å². The van der Waals surface area contributed by atoms with Crippen molar-refractivity contribution >= 4 is 32.1 Å². The van der Waals surface area contributed by atoms with Gasteiger partial charge in [0.1, 0.15) is 6.67 Å². The topological polar surface area (TPSA) is 79.5 Å². The zero-order chi connectivity index (χ0) is 25.1. The number of hydrogen-bond acceptors (Lipinski definition) is 2. The highest BCUT2D eigenvalue weighted by molar-refractivity contribution is 7.16. The van der Waals surface area contributed by atoms with E-state index in [2.05, 4.69) is 67.4 Å². The lowest BCUT2D eigenvalue weighted by atomic mass is 10.1. The van der Waals surface area contributed by atoms with E-state index in [0.717, 1.165) is 42.9 Å². The third-order valence-electron chi connectivity index (χ3n) is 4.63. The molecule has 0 fully saturated rings. The number of benzene rings is 1. The van der Waals surface area contributed by atoms with Crippen molar-refractivity contribution in [3.05, 3.63) is 65.4 Å². The van der Waals surface area contributed by atoms with Gasteiger partial charge in [0.25, 0.3) is 0 Å². The Morgan fingerprint density at radius 3 is 2.58 bits per heavy atom. The van der Waals surface area contributed by atoms with E-state index in [4.69, 9.17) is 11.3 Å². The summed E-state index contributed by atoms with van der Waals surface area (Å²) in [5.41, 5.74) is 4.56. The van der Waals surface area contributed by atoms with Gasteiger partial charge >= 0.3 is 0 Å². The van der Waals surface area contributed by atoms with Crippen molar-refractivity contribution in [3.63, 3.8) is 0 Å². The molecule has 0 spiro atoms. The van der Waals surface area contributed by atoms with Crippen LogP contribution in [-0.2, 0) is 13.0 Å². The molecule has 5 nitrogen and oxygen atoms in total. The predicted molar refractivity (Wildman–Crippen MR) is 146 cm³/mol. The predicted octanol–water partition coefficient (Wildman–Crippen LogP) is 6.88. The highest BCUT2D eigenvalue weighted by atomic mass is 31.0. The fraction of sp³-hybridized carbons (Fsp3) is 0.346. The molecule has 178 valence electrons. The fourth-order valence-electron chi connectivity index (χ4n) is 3.31. The van der Waals surface area contributed by atoms with Gasteiger partial charge < -0.3 is 10.4 Å². The minimum absolute atomic E-state index is 0.0846. The molecule has 1 aromatic carbocycles. The number of terminal acetylenes is 1. The Morgan fingerprint density at radius 1 is 1.27 bits per heavy atom. The standard InChI is InChI=1S/C18H22N5P.C4H7F.C2H6.C2H2/c19-18(21-22-20)13-8-9-17-15(12-13)14-6-2-1-3-7-16(14)23(17)10-4-5-11-24;1-2-3-4-5;2*1-2/h2,4-6,8-9,12H,1,3,7,10-11,24H2,(H3,19,20,21);2-3H,4H2,1H3;1-2H3;1-2H/b5-4+;3-2-;;. The van der Waals surface area contributed by atoms with E-state index in [1.165, 1.54) is 22.9 Å². The summed E-state index contributed by atoms with van der Waals surface area (Å²) in [4.78, 5) is 0. The molecule has 1 unspecified atom stereocenters. The molecule has 0 amide bonds. The Balaban J connectivity index is 0.000000991. The molecule has 3 rings (SSSR count). The first-order valence-electron chi connectivity index (χ1n) is 11.0. The van der Waals surface area contributed by atoms with Gasteiger partial charge in [-0.15, -0.1) is 27.2 Å². The van der Waals surface area contributed by atoms with Crippen molar-refractivity contribution in [1.29, 1.82) is 5.41 Å². The molecule has 0 radical (unpaired) electrons. The molecule has 0 bridgehead atoms. The number of nitrogens with one attached hydrogen (secondary N) is 1. The SMILES string of the molecule is C#C.C/C=C\CF.CC.N=C(N=NN)c1ccc2c(c1)c1c(n2C/C=C/CP)CCCC=C1. The minimum atomic E-state index is -0.337. The summed E-state index contributed by atoms with van der Waals surface area (Å²) >= 11 is 0. The van der Waals surface area contributed by atoms with E-state index in [0.29, 0.717) is 0 Å². The van der Waals surface area contributed by atoms with Crippen LogP contribution in [0.2, 0.25) is 0 Å². The first-order chi connectivity index (χ1) is 16.2. The van der Waals surface area contributed by atoms with Gasteiger partial charge in [-0.2, -0.15) is 0 Å². The molecule has 0 saturated heterocycles. The Bertz CT molecular complexity index is 983. The summed E-state index contributed by atoms with van der Waals surface area (Å²) in [6.07, 6.45) is 24.3. The van der Waals surface area contributed by atoms with Gasteiger partial charge in [-0.25, -0.2) is 4.39 Å². The van der Waals surface area contributed by atoms with Gasteiger partial charge in [-0.1, -0.05) is 55.5 Å². The molecule has 33 heavy (non-hydrogen) atoms. The number of alkyl halides is 1. The van der Waals surface area contributed by atoms with Crippen molar-refractivity contribution in [2.24, 2.45) is 16.2 Å². The highest BCUT2D eigenvalue weighted by Gasteiger charge is 2.17. The number of fused-ring (bicyclic) bond motifs is 3. The summed E-state index contributed by atoms with van der Waals surface area (Å²) in [5.74, 6) is 5.16.